The van der Waals surface area contributed by atoms with Crippen LogP contribution >= 0.6 is 23.2 Å². The Labute approximate surface area is 249 Å². The second kappa shape index (κ2) is 11.9. The summed E-state index contributed by atoms with van der Waals surface area (Å²) in [5.41, 5.74) is 2.39. The van der Waals surface area contributed by atoms with Gasteiger partial charge in [-0.25, -0.2) is 9.78 Å². The van der Waals surface area contributed by atoms with Crippen molar-refractivity contribution < 1.29 is 27.8 Å². The quantitative estimate of drug-likeness (QED) is 0.190. The van der Waals surface area contributed by atoms with Crippen LogP contribution in [-0.2, 0) is 19.1 Å². The molecule has 4 aromatic carbocycles. The first-order valence-electron chi connectivity index (χ1n) is 12.8. The molecular formula is C32H23Cl2F3N2O3. The van der Waals surface area contributed by atoms with Gasteiger partial charge in [0, 0.05) is 29.7 Å². The van der Waals surface area contributed by atoms with Gasteiger partial charge in [-0.3, -0.25) is 0 Å². The van der Waals surface area contributed by atoms with Gasteiger partial charge in [0.05, 0.1) is 21.8 Å². The van der Waals surface area contributed by atoms with E-state index < -0.39 is 23.3 Å². The smallest absolute Gasteiger partial charge is 0.417 e. The molecule has 0 spiro atoms. The summed E-state index contributed by atoms with van der Waals surface area (Å²) < 4.78 is 47.6. The van der Waals surface area contributed by atoms with Gasteiger partial charge in [-0.2, -0.15) is 13.2 Å². The van der Waals surface area contributed by atoms with Crippen LogP contribution in [0.1, 0.15) is 34.2 Å². The number of carboxylic acid groups (broad SMARTS) is 1. The number of alkyl halides is 3. The number of nitrogens with zero attached hydrogens (tertiary/aromatic N) is 2. The summed E-state index contributed by atoms with van der Waals surface area (Å²) in [7, 11) is 0. The Bertz CT molecular complexity index is 1750. The molecule has 0 saturated heterocycles. The van der Waals surface area contributed by atoms with E-state index in [0.717, 1.165) is 46.4 Å². The molecule has 214 valence electrons. The number of hydrogen-bond donors (Lipinski definition) is 1. The van der Waals surface area contributed by atoms with Crippen LogP contribution in [0.2, 0.25) is 10.0 Å². The van der Waals surface area contributed by atoms with Gasteiger partial charge in [0.15, 0.2) is 0 Å². The minimum absolute atomic E-state index is 0.114. The third kappa shape index (κ3) is 6.45. The van der Waals surface area contributed by atoms with Gasteiger partial charge in [0.25, 0.3) is 0 Å². The van der Waals surface area contributed by atoms with Crippen LogP contribution in [-0.4, -0.2) is 20.6 Å². The molecule has 0 atom stereocenters. The Balaban J connectivity index is 1.29. The summed E-state index contributed by atoms with van der Waals surface area (Å²) >= 11 is 12.4. The van der Waals surface area contributed by atoms with Crippen molar-refractivity contribution in [2.75, 3.05) is 0 Å². The third-order valence-corrected chi connectivity index (χ3v) is 7.22. The van der Waals surface area contributed by atoms with Crippen molar-refractivity contribution in [2.45, 2.75) is 26.1 Å². The maximum Gasteiger partial charge on any atom is 0.417 e. The Hall–Kier alpha value is -4.27. The molecule has 0 aliphatic heterocycles. The average Bonchev–Trinajstić information content (AvgIpc) is 3.35. The Morgan fingerprint density at radius 2 is 1.55 bits per heavy atom. The van der Waals surface area contributed by atoms with Crippen LogP contribution in [0.15, 0.2) is 91.1 Å². The van der Waals surface area contributed by atoms with E-state index >= 15 is 0 Å². The third-order valence-electron chi connectivity index (χ3n) is 6.67. The van der Waals surface area contributed by atoms with Gasteiger partial charge < -0.3 is 14.4 Å². The molecule has 5 aromatic rings. The lowest BCUT2D eigenvalue weighted by molar-refractivity contribution is -0.138. The normalized spacial score (nSPS) is 11.5. The molecule has 1 heterocycles. The molecule has 42 heavy (non-hydrogen) atoms. The van der Waals surface area contributed by atoms with E-state index in [-0.39, 0.29) is 5.75 Å². The highest BCUT2D eigenvalue weighted by atomic mass is 35.5. The Morgan fingerprint density at radius 3 is 2.14 bits per heavy atom. The highest BCUT2D eigenvalue weighted by Crippen LogP contribution is 2.36. The van der Waals surface area contributed by atoms with Crippen molar-refractivity contribution in [3.8, 4) is 33.9 Å². The summed E-state index contributed by atoms with van der Waals surface area (Å²) in [6.07, 6.45) is -2.23. The molecule has 0 bridgehead atoms. The van der Waals surface area contributed by atoms with E-state index in [1.807, 2.05) is 36.5 Å². The molecule has 10 heteroatoms. The van der Waals surface area contributed by atoms with Crippen molar-refractivity contribution in [1.29, 1.82) is 0 Å². The summed E-state index contributed by atoms with van der Waals surface area (Å²) in [6, 6.07) is 23.0. The van der Waals surface area contributed by atoms with E-state index in [4.69, 9.17) is 38.0 Å². The number of aryl methyl sites for hydroxylation is 1. The largest absolute Gasteiger partial charge is 0.478 e. The molecule has 0 aliphatic carbocycles. The fourth-order valence-electron chi connectivity index (χ4n) is 4.55. The predicted octanol–water partition coefficient (Wildman–Crippen LogP) is 9.64. The van der Waals surface area contributed by atoms with Gasteiger partial charge in [-0.1, -0.05) is 59.6 Å². The van der Waals surface area contributed by atoms with Gasteiger partial charge in [0.1, 0.15) is 17.3 Å². The number of carboxylic acids is 1. The second-order valence-electron chi connectivity index (χ2n) is 9.46. The van der Waals surface area contributed by atoms with E-state index in [0.29, 0.717) is 28.3 Å². The zero-order valence-corrected chi connectivity index (χ0v) is 23.6. The zero-order valence-electron chi connectivity index (χ0n) is 22.1. The number of rotatable bonds is 8. The first kappa shape index (κ1) is 29.2. The molecule has 0 saturated carbocycles. The fourth-order valence-corrected chi connectivity index (χ4v) is 5.06. The molecular weight excluding hydrogens is 588 g/mol. The molecule has 1 N–H and O–H groups in total. The lowest BCUT2D eigenvalue weighted by Gasteiger charge is -2.13. The summed E-state index contributed by atoms with van der Waals surface area (Å²) in [5.74, 6) is -0.559. The first-order chi connectivity index (χ1) is 20.0. The predicted molar refractivity (Wildman–Crippen MR) is 157 cm³/mol. The maximum atomic E-state index is 13.3. The maximum absolute atomic E-state index is 13.3. The monoisotopic (exact) mass is 610 g/mol. The van der Waals surface area contributed by atoms with Gasteiger partial charge in [-0.05, 0) is 72.1 Å². The SMILES string of the molecule is CCn1cc(-c2ccc(Cl)cc2Cl)nc1Cc1ccc(-c2ccc(Oc3ccc(C(=O)O)c(C(F)(F)F)c3)cc2)cc1. The number of ether oxygens (including phenoxy) is 1. The van der Waals surface area contributed by atoms with Crippen LogP contribution in [0, 0.1) is 0 Å². The highest BCUT2D eigenvalue weighted by Gasteiger charge is 2.35. The number of aromatic carboxylic acids is 1. The lowest BCUT2D eigenvalue weighted by atomic mass is 10.0. The molecule has 1 aromatic heterocycles. The zero-order chi connectivity index (χ0) is 30.0. The average molecular weight is 611 g/mol. The number of hydrogen-bond acceptors (Lipinski definition) is 3. The van der Waals surface area contributed by atoms with Crippen molar-refractivity contribution in [3.63, 3.8) is 0 Å². The van der Waals surface area contributed by atoms with Crippen LogP contribution in [0.4, 0.5) is 13.2 Å². The number of carbonyl (C=O) groups is 1. The van der Waals surface area contributed by atoms with Crippen LogP contribution < -0.4 is 4.74 Å². The minimum Gasteiger partial charge on any atom is -0.478 e. The Morgan fingerprint density at radius 1 is 0.905 bits per heavy atom. The number of aromatic nitrogens is 2. The van der Waals surface area contributed by atoms with Gasteiger partial charge >= 0.3 is 12.1 Å². The first-order valence-corrected chi connectivity index (χ1v) is 13.6. The topological polar surface area (TPSA) is 64.4 Å². The Kier molecular flexibility index (Phi) is 8.29. The number of benzene rings is 4. The molecule has 0 fully saturated rings. The van der Waals surface area contributed by atoms with Gasteiger partial charge in [0.2, 0.25) is 0 Å². The van der Waals surface area contributed by atoms with Crippen LogP contribution in [0.5, 0.6) is 11.5 Å². The molecule has 5 nitrogen and oxygen atoms in total. The minimum atomic E-state index is -4.83. The van der Waals surface area contributed by atoms with Crippen molar-refractivity contribution in [3.05, 3.63) is 124 Å². The number of imidazole rings is 1. The van der Waals surface area contributed by atoms with Crippen molar-refractivity contribution in [1.82, 2.24) is 9.55 Å². The van der Waals surface area contributed by atoms with Gasteiger partial charge in [-0.15, -0.1) is 0 Å². The van der Waals surface area contributed by atoms with Crippen molar-refractivity contribution >= 4 is 29.2 Å². The van der Waals surface area contributed by atoms with E-state index in [9.17, 15) is 18.0 Å². The summed E-state index contributed by atoms with van der Waals surface area (Å²) in [4.78, 5) is 16.0. The van der Waals surface area contributed by atoms with Crippen LogP contribution in [0.3, 0.4) is 0 Å². The van der Waals surface area contributed by atoms with E-state index in [1.54, 1.807) is 36.4 Å². The molecule has 0 amide bonds. The second-order valence-corrected chi connectivity index (χ2v) is 10.3. The lowest BCUT2D eigenvalue weighted by Crippen LogP contribution is -2.12. The molecule has 0 unspecified atom stereocenters. The van der Waals surface area contributed by atoms with Crippen molar-refractivity contribution in [2.24, 2.45) is 0 Å². The van der Waals surface area contributed by atoms with E-state index in [2.05, 4.69) is 11.5 Å². The van der Waals surface area contributed by atoms with E-state index in [1.165, 1.54) is 6.07 Å². The highest BCUT2D eigenvalue weighted by molar-refractivity contribution is 6.36. The number of halogens is 5. The fraction of sp³-hybridized carbons (Fsp3) is 0.125. The molecule has 0 radical (unpaired) electrons. The molecule has 0 aliphatic rings. The summed E-state index contributed by atoms with van der Waals surface area (Å²) in [6.45, 7) is 2.80. The standard InChI is InChI=1S/C32H23Cl2F3N2O3/c1-2-39-18-29(26-13-9-22(33)16-28(26)34)38-30(39)15-19-3-5-20(6-4-19)21-7-10-23(11-8-21)42-24-12-14-25(31(40)41)27(17-24)32(35,36)37/h3-14,16-18H,2,15H2,1H3,(H,40,41). The summed E-state index contributed by atoms with van der Waals surface area (Å²) in [5, 5.41) is 10.2. The molecule has 5 rings (SSSR count). The van der Waals surface area contributed by atoms with Crippen LogP contribution in [0.25, 0.3) is 22.4 Å².